The standard InChI is InChI=1S/C45H57Br3N15O13P/c1-43(2)71-25-19(68-37(28(25)74-43)61-34-22(55-40(61)46)31(58(7)8)49-16-52-34)13-65-77(64,66-14-20-26-29(75-44(3,4)72-26)38(69-20)62-35-23(56-41(62)47)32(59(9)10)50-17-53-35)67-15-21-27-30(76-45(5,6)73-27)39(70-21)63-36-24(57-42(63)48)33(60(11)12)51-18-54-36/h16-21,25-30,37-39H,13-15H2,1-12H3/t19-,20-,21-,25-,26-,27-,28-,29-,30-,37-,38-,39-/m1/s1. The van der Waals surface area contributed by atoms with Crippen molar-refractivity contribution < 1.29 is 60.8 Å². The summed E-state index contributed by atoms with van der Waals surface area (Å²) in [5.74, 6) is -1.33. The fraction of sp³-hybridized carbons (Fsp3) is 0.667. The number of halogens is 3. The van der Waals surface area contributed by atoms with Gasteiger partial charge in [-0.05, 0) is 89.3 Å². The van der Waals surface area contributed by atoms with Crippen LogP contribution in [-0.4, -0.2) is 193 Å². The van der Waals surface area contributed by atoms with Crippen molar-refractivity contribution in [3.8, 4) is 0 Å². The first-order valence-electron chi connectivity index (χ1n) is 24.6. The van der Waals surface area contributed by atoms with Gasteiger partial charge in [0.1, 0.15) is 73.9 Å². The largest absolute Gasteiger partial charge is 0.475 e. The second-order valence-electron chi connectivity index (χ2n) is 21.3. The number of anilines is 3. The predicted octanol–water partition coefficient (Wildman–Crippen LogP) is 5.40. The second kappa shape index (κ2) is 19.5. The van der Waals surface area contributed by atoms with Crippen LogP contribution in [0.2, 0.25) is 0 Å². The zero-order chi connectivity index (χ0) is 54.4. The summed E-state index contributed by atoms with van der Waals surface area (Å²) in [6.45, 7) is 9.75. The molecule has 12 heterocycles. The van der Waals surface area contributed by atoms with Crippen LogP contribution in [0.25, 0.3) is 33.5 Å². The highest BCUT2D eigenvalue weighted by atomic mass is 79.9. The Kier molecular flexibility index (Phi) is 13.6. The van der Waals surface area contributed by atoms with E-state index in [9.17, 15) is 0 Å². The molecule has 6 aliphatic rings. The van der Waals surface area contributed by atoms with Crippen LogP contribution in [0.15, 0.2) is 33.2 Å². The Balaban J connectivity index is 0.857. The molecule has 6 aromatic rings. The Hall–Kier alpha value is -3.76. The van der Waals surface area contributed by atoms with E-state index in [0.717, 1.165) is 0 Å². The first-order chi connectivity index (χ1) is 36.4. The lowest BCUT2D eigenvalue weighted by molar-refractivity contribution is -0.202. The van der Waals surface area contributed by atoms with Crippen LogP contribution < -0.4 is 14.7 Å². The molecule has 0 amide bonds. The van der Waals surface area contributed by atoms with Gasteiger partial charge in [0.05, 0.1) is 19.8 Å². The van der Waals surface area contributed by atoms with Gasteiger partial charge in [-0.25, -0.2) is 49.4 Å². The van der Waals surface area contributed by atoms with E-state index >= 15 is 4.57 Å². The minimum Gasteiger partial charge on any atom is -0.361 e. The van der Waals surface area contributed by atoms with Gasteiger partial charge in [0, 0.05) is 42.3 Å². The van der Waals surface area contributed by atoms with E-state index in [1.54, 1.807) is 55.2 Å². The molecule has 0 unspecified atom stereocenters. The molecular formula is C45H57Br3N15O13P. The molecule has 0 saturated carbocycles. The van der Waals surface area contributed by atoms with Gasteiger partial charge in [-0.2, -0.15) is 0 Å². The summed E-state index contributed by atoms with van der Waals surface area (Å²) in [4.78, 5) is 46.9. The second-order valence-corrected chi connectivity index (χ2v) is 25.1. The number of rotatable bonds is 15. The number of nitrogens with zero attached hydrogens (tertiary/aromatic N) is 15. The molecular weight excluding hydrogens is 1230 g/mol. The monoisotopic (exact) mass is 1280 g/mol. The highest BCUT2D eigenvalue weighted by molar-refractivity contribution is 9.10. The quantitative estimate of drug-likeness (QED) is 0.0919. The fourth-order valence-electron chi connectivity index (χ4n) is 10.9. The maximum absolute atomic E-state index is 15.7. The number of aromatic nitrogens is 12. The molecule has 77 heavy (non-hydrogen) atoms. The molecule has 0 aliphatic carbocycles. The summed E-state index contributed by atoms with van der Waals surface area (Å²) in [5, 5.41) is 0. The number of phosphoric acid groups is 1. The van der Waals surface area contributed by atoms with Crippen molar-refractivity contribution in [2.24, 2.45) is 0 Å². The Morgan fingerprint density at radius 3 is 0.987 bits per heavy atom. The summed E-state index contributed by atoms with van der Waals surface area (Å²) in [7, 11) is 6.49. The van der Waals surface area contributed by atoms with Crippen molar-refractivity contribution in [2.75, 3.05) is 76.8 Å². The smallest absolute Gasteiger partial charge is 0.361 e. The summed E-state index contributed by atoms with van der Waals surface area (Å²) in [6.07, 6.45) is -5.17. The van der Waals surface area contributed by atoms with Crippen LogP contribution >= 0.6 is 55.6 Å². The molecule has 6 aliphatic heterocycles. The van der Waals surface area contributed by atoms with Gasteiger partial charge in [0.2, 0.25) is 0 Å². The molecule has 12 atom stereocenters. The summed E-state index contributed by atoms with van der Waals surface area (Å²) >= 11 is 10.9. The van der Waals surface area contributed by atoms with Crippen molar-refractivity contribution in [3.63, 3.8) is 0 Å². The molecule has 0 aromatic carbocycles. The summed E-state index contributed by atoms with van der Waals surface area (Å²) in [6, 6.07) is 0. The first kappa shape index (κ1) is 53.9. The third-order valence-corrected chi connectivity index (χ3v) is 16.9. The van der Waals surface area contributed by atoms with Crippen LogP contribution in [0.1, 0.15) is 60.2 Å². The van der Waals surface area contributed by atoms with E-state index < -0.39 is 98.8 Å². The fourth-order valence-corrected chi connectivity index (χ4v) is 13.7. The van der Waals surface area contributed by atoms with Crippen molar-refractivity contribution >= 4 is 107 Å². The lowest BCUT2D eigenvalue weighted by Crippen LogP contribution is -2.35. The molecule has 28 nitrogen and oxygen atoms in total. The minimum atomic E-state index is -4.71. The lowest BCUT2D eigenvalue weighted by Gasteiger charge is -2.28. The van der Waals surface area contributed by atoms with Crippen molar-refractivity contribution in [2.45, 2.75) is 133 Å². The molecule has 6 fully saturated rings. The zero-order valence-corrected chi connectivity index (χ0v) is 49.5. The van der Waals surface area contributed by atoms with Crippen LogP contribution in [0, 0.1) is 0 Å². The lowest BCUT2D eigenvalue weighted by atomic mass is 10.1. The molecule has 6 aromatic heterocycles. The third kappa shape index (κ3) is 9.45. The van der Waals surface area contributed by atoms with E-state index in [2.05, 4.69) is 77.7 Å². The normalized spacial score (nSPS) is 31.0. The van der Waals surface area contributed by atoms with Gasteiger partial charge in [0.15, 0.2) is 101 Å². The SMILES string of the molecule is CN(C)c1ncnc2c1nc(Br)n2[C@@H]1O[C@H](COP(=O)(OC[C@H]2O[C@@H](n3c(Br)nc4c(N(C)C)ncnc43)[C@@H]3OC(C)(C)O[C@@H]32)OC[C@H]2O[C@@H](n3c(Br)nc4c(N(C)C)ncnc43)[C@@H]3OC(C)(C)O[C@@H]32)[C@H]2OC(C)(C)O[C@H]21. The predicted molar refractivity (Wildman–Crippen MR) is 281 cm³/mol. The molecule has 32 heteroatoms. The third-order valence-electron chi connectivity index (χ3n) is 13.8. The zero-order valence-electron chi connectivity index (χ0n) is 43.9. The molecule has 0 spiro atoms. The van der Waals surface area contributed by atoms with E-state index in [0.29, 0.717) is 65.1 Å². The number of phosphoric ester groups is 1. The maximum atomic E-state index is 15.7. The highest BCUT2D eigenvalue weighted by Crippen LogP contribution is 2.55. The van der Waals surface area contributed by atoms with E-state index in [1.165, 1.54) is 19.0 Å². The molecule has 12 rings (SSSR count). The Bertz CT molecular complexity index is 2970. The van der Waals surface area contributed by atoms with Gasteiger partial charge in [-0.3, -0.25) is 27.3 Å². The van der Waals surface area contributed by atoms with Crippen molar-refractivity contribution in [3.05, 3.63) is 33.2 Å². The van der Waals surface area contributed by atoms with E-state index in [1.807, 2.05) is 57.0 Å². The number of fused-ring (bicyclic) bond motifs is 6. The summed E-state index contributed by atoms with van der Waals surface area (Å²) in [5.41, 5.74) is 3.05. The Morgan fingerprint density at radius 1 is 0.468 bits per heavy atom. The Labute approximate surface area is 466 Å². The molecule has 6 saturated heterocycles. The summed E-state index contributed by atoms with van der Waals surface area (Å²) < 4.78 is 101. The van der Waals surface area contributed by atoms with Gasteiger partial charge < -0.3 is 57.3 Å². The number of hydrogen-bond donors (Lipinski definition) is 0. The van der Waals surface area contributed by atoms with Gasteiger partial charge in [-0.15, -0.1) is 0 Å². The van der Waals surface area contributed by atoms with Crippen LogP contribution in [0.3, 0.4) is 0 Å². The Morgan fingerprint density at radius 2 is 0.727 bits per heavy atom. The number of ether oxygens (including phenoxy) is 9. The number of hydrogen-bond acceptors (Lipinski definition) is 25. The van der Waals surface area contributed by atoms with Gasteiger partial charge in [-0.1, -0.05) is 0 Å². The van der Waals surface area contributed by atoms with Gasteiger partial charge in [0.25, 0.3) is 0 Å². The minimum absolute atomic E-state index is 0.361. The molecule has 0 radical (unpaired) electrons. The maximum Gasteiger partial charge on any atom is 0.475 e. The van der Waals surface area contributed by atoms with Crippen molar-refractivity contribution in [1.29, 1.82) is 0 Å². The molecule has 0 bridgehead atoms. The van der Waals surface area contributed by atoms with E-state index in [-0.39, 0.29) is 19.8 Å². The number of imidazole rings is 3. The van der Waals surface area contributed by atoms with Gasteiger partial charge >= 0.3 is 7.82 Å². The van der Waals surface area contributed by atoms with Crippen LogP contribution in [0.5, 0.6) is 0 Å². The average molecular weight is 1290 g/mol. The molecule has 0 N–H and O–H groups in total. The highest BCUT2D eigenvalue weighted by Gasteiger charge is 2.61. The van der Waals surface area contributed by atoms with Crippen LogP contribution in [-0.2, 0) is 60.8 Å². The first-order valence-corrected chi connectivity index (χ1v) is 28.5. The topological polar surface area (TPSA) is 268 Å². The van der Waals surface area contributed by atoms with E-state index in [4.69, 9.17) is 71.2 Å². The average Bonchev–Trinajstić information content (AvgIpc) is 4.44. The van der Waals surface area contributed by atoms with Crippen LogP contribution in [0.4, 0.5) is 17.5 Å². The molecule has 416 valence electrons. The van der Waals surface area contributed by atoms with Crippen molar-refractivity contribution in [1.82, 2.24) is 58.6 Å².